The van der Waals surface area contributed by atoms with E-state index in [1.54, 1.807) is 0 Å². The Kier molecular flexibility index (Phi) is 2.73. The summed E-state index contributed by atoms with van der Waals surface area (Å²) in [7, 11) is 2.17. The topological polar surface area (TPSA) is 16.1 Å². The van der Waals surface area contributed by atoms with Crippen LogP contribution in [0.2, 0.25) is 0 Å². The molecule has 3 rings (SSSR count). The second-order valence-electron chi connectivity index (χ2n) is 4.75. The van der Waals surface area contributed by atoms with Crippen LogP contribution in [0.15, 0.2) is 24.3 Å². The van der Waals surface area contributed by atoms with E-state index in [-0.39, 0.29) is 0 Å². The molecule has 0 fully saturated rings. The van der Waals surface area contributed by atoms with Crippen molar-refractivity contribution in [1.29, 1.82) is 0 Å². The first-order chi connectivity index (χ1) is 8.22. The van der Waals surface area contributed by atoms with Crippen molar-refractivity contribution in [3.8, 4) is 0 Å². The fourth-order valence-corrected chi connectivity index (χ4v) is 3.20. The first kappa shape index (κ1) is 10.9. The maximum Gasteiger partial charge on any atom is 0.121 e. The van der Waals surface area contributed by atoms with Crippen molar-refractivity contribution in [2.75, 3.05) is 20.1 Å². The van der Waals surface area contributed by atoms with Crippen molar-refractivity contribution < 1.29 is 0 Å². The van der Waals surface area contributed by atoms with Crippen LogP contribution in [0.25, 0.3) is 15.8 Å². The summed E-state index contributed by atoms with van der Waals surface area (Å²) in [4.78, 5) is 7.11. The van der Waals surface area contributed by atoms with Gasteiger partial charge >= 0.3 is 0 Å². The van der Waals surface area contributed by atoms with Gasteiger partial charge in [-0.3, -0.25) is 0 Å². The molecule has 0 amide bonds. The standard InChI is InChI=1S/C14H16N2S/c1-10-5-6-13-12(8-10)15-14(17-13)11-4-3-7-16(2)9-11/h4-6,8H,3,7,9H2,1-2H3. The molecule has 2 heterocycles. The summed E-state index contributed by atoms with van der Waals surface area (Å²) in [5.41, 5.74) is 3.81. The van der Waals surface area contributed by atoms with E-state index in [1.165, 1.54) is 20.8 Å². The summed E-state index contributed by atoms with van der Waals surface area (Å²) in [6.07, 6.45) is 3.48. The monoisotopic (exact) mass is 244 g/mol. The van der Waals surface area contributed by atoms with Crippen molar-refractivity contribution in [2.24, 2.45) is 0 Å². The Labute approximate surface area is 106 Å². The molecule has 0 atom stereocenters. The van der Waals surface area contributed by atoms with Gasteiger partial charge in [-0.2, -0.15) is 0 Å². The Hall–Kier alpha value is -1.19. The van der Waals surface area contributed by atoms with E-state index in [2.05, 4.69) is 43.1 Å². The first-order valence-corrected chi connectivity index (χ1v) is 6.79. The van der Waals surface area contributed by atoms with Gasteiger partial charge < -0.3 is 4.90 Å². The molecule has 0 radical (unpaired) electrons. The molecule has 0 spiro atoms. The fraction of sp³-hybridized carbons (Fsp3) is 0.357. The highest BCUT2D eigenvalue weighted by atomic mass is 32.1. The summed E-state index contributed by atoms with van der Waals surface area (Å²) in [6, 6.07) is 6.51. The lowest BCUT2D eigenvalue weighted by Gasteiger charge is -2.21. The Balaban J connectivity index is 2.03. The van der Waals surface area contributed by atoms with Crippen molar-refractivity contribution in [3.05, 3.63) is 34.8 Å². The third-order valence-corrected chi connectivity index (χ3v) is 4.27. The molecule has 1 aliphatic heterocycles. The number of aromatic nitrogens is 1. The largest absolute Gasteiger partial charge is 0.302 e. The molecule has 0 saturated heterocycles. The Morgan fingerprint density at radius 1 is 1.35 bits per heavy atom. The molecule has 0 N–H and O–H groups in total. The summed E-state index contributed by atoms with van der Waals surface area (Å²) >= 11 is 1.81. The van der Waals surface area contributed by atoms with Crippen LogP contribution in [0.1, 0.15) is 17.0 Å². The first-order valence-electron chi connectivity index (χ1n) is 5.97. The molecule has 0 saturated carbocycles. The molecule has 88 valence electrons. The lowest BCUT2D eigenvalue weighted by molar-refractivity contribution is 0.373. The minimum Gasteiger partial charge on any atom is -0.302 e. The van der Waals surface area contributed by atoms with Gasteiger partial charge in [-0.25, -0.2) is 4.98 Å². The zero-order valence-electron chi connectivity index (χ0n) is 10.2. The molecule has 17 heavy (non-hydrogen) atoms. The Morgan fingerprint density at radius 2 is 2.24 bits per heavy atom. The lowest BCUT2D eigenvalue weighted by atomic mass is 10.1. The van der Waals surface area contributed by atoms with Gasteiger partial charge in [0, 0.05) is 13.1 Å². The highest BCUT2D eigenvalue weighted by Crippen LogP contribution is 2.29. The summed E-state index contributed by atoms with van der Waals surface area (Å²) in [5.74, 6) is 0. The summed E-state index contributed by atoms with van der Waals surface area (Å²) < 4.78 is 1.29. The second kappa shape index (κ2) is 4.24. The minimum absolute atomic E-state index is 1.03. The van der Waals surface area contributed by atoms with E-state index in [0.717, 1.165) is 25.0 Å². The van der Waals surface area contributed by atoms with Crippen LogP contribution in [0.4, 0.5) is 0 Å². The van der Waals surface area contributed by atoms with E-state index in [1.807, 2.05) is 11.3 Å². The zero-order valence-corrected chi connectivity index (χ0v) is 11.0. The van der Waals surface area contributed by atoms with Crippen LogP contribution in [-0.2, 0) is 0 Å². The maximum atomic E-state index is 4.76. The van der Waals surface area contributed by atoms with Gasteiger partial charge in [-0.05, 0) is 43.7 Å². The van der Waals surface area contributed by atoms with Crippen LogP contribution in [-0.4, -0.2) is 30.0 Å². The number of likely N-dealkylation sites (N-methyl/N-ethyl adjacent to an activating group) is 1. The van der Waals surface area contributed by atoms with Gasteiger partial charge in [0.15, 0.2) is 0 Å². The molecule has 2 aromatic rings. The number of hydrogen-bond acceptors (Lipinski definition) is 3. The SMILES string of the molecule is Cc1ccc2sc(C3=CCCN(C)C3)nc2c1. The average molecular weight is 244 g/mol. The molecule has 3 heteroatoms. The van der Waals surface area contributed by atoms with E-state index in [0.29, 0.717) is 0 Å². The molecular weight excluding hydrogens is 228 g/mol. The van der Waals surface area contributed by atoms with Crippen LogP contribution < -0.4 is 0 Å². The van der Waals surface area contributed by atoms with Gasteiger partial charge in [0.25, 0.3) is 0 Å². The number of hydrogen-bond donors (Lipinski definition) is 0. The Morgan fingerprint density at radius 3 is 3.06 bits per heavy atom. The highest BCUT2D eigenvalue weighted by Gasteiger charge is 2.14. The highest BCUT2D eigenvalue weighted by molar-refractivity contribution is 7.19. The van der Waals surface area contributed by atoms with Gasteiger partial charge in [0.2, 0.25) is 0 Å². The third-order valence-electron chi connectivity index (χ3n) is 3.16. The molecular formula is C14H16N2S. The molecule has 0 unspecified atom stereocenters. The minimum atomic E-state index is 1.03. The second-order valence-corrected chi connectivity index (χ2v) is 5.78. The number of fused-ring (bicyclic) bond motifs is 1. The molecule has 0 bridgehead atoms. The van der Waals surface area contributed by atoms with Crippen molar-refractivity contribution in [1.82, 2.24) is 9.88 Å². The number of thiazole rings is 1. The smallest absolute Gasteiger partial charge is 0.121 e. The molecule has 1 aromatic carbocycles. The predicted octanol–water partition coefficient (Wildman–Crippen LogP) is 3.32. The van der Waals surface area contributed by atoms with Crippen LogP contribution in [0.3, 0.4) is 0 Å². The fourth-order valence-electron chi connectivity index (χ4n) is 2.22. The lowest BCUT2D eigenvalue weighted by Crippen LogP contribution is -2.24. The summed E-state index contributed by atoms with van der Waals surface area (Å²) in [6.45, 7) is 4.30. The van der Waals surface area contributed by atoms with Gasteiger partial charge in [0.05, 0.1) is 10.2 Å². The zero-order chi connectivity index (χ0) is 11.8. The van der Waals surface area contributed by atoms with E-state index in [4.69, 9.17) is 4.98 Å². The van der Waals surface area contributed by atoms with Crippen molar-refractivity contribution in [2.45, 2.75) is 13.3 Å². The van der Waals surface area contributed by atoms with Crippen molar-refractivity contribution >= 4 is 27.1 Å². The number of benzene rings is 1. The van der Waals surface area contributed by atoms with E-state index in [9.17, 15) is 0 Å². The molecule has 1 aromatic heterocycles. The van der Waals surface area contributed by atoms with Crippen molar-refractivity contribution in [3.63, 3.8) is 0 Å². The molecule has 1 aliphatic rings. The number of aryl methyl sites for hydroxylation is 1. The Bertz CT molecular complexity index is 583. The third kappa shape index (κ3) is 2.13. The number of nitrogens with zero attached hydrogens (tertiary/aromatic N) is 2. The molecule has 0 aliphatic carbocycles. The van der Waals surface area contributed by atoms with Crippen LogP contribution in [0, 0.1) is 6.92 Å². The average Bonchev–Trinajstić information content (AvgIpc) is 2.72. The van der Waals surface area contributed by atoms with Gasteiger partial charge in [-0.15, -0.1) is 11.3 Å². The maximum absolute atomic E-state index is 4.76. The van der Waals surface area contributed by atoms with Crippen LogP contribution >= 0.6 is 11.3 Å². The predicted molar refractivity (Wildman–Crippen MR) is 74.4 cm³/mol. The van der Waals surface area contributed by atoms with E-state index >= 15 is 0 Å². The number of rotatable bonds is 1. The van der Waals surface area contributed by atoms with Gasteiger partial charge in [-0.1, -0.05) is 12.1 Å². The van der Waals surface area contributed by atoms with Crippen LogP contribution in [0.5, 0.6) is 0 Å². The molecule has 2 nitrogen and oxygen atoms in total. The summed E-state index contributed by atoms with van der Waals surface area (Å²) in [5, 5.41) is 1.19. The normalized spacial score (nSPS) is 17.4. The quantitative estimate of drug-likeness (QED) is 0.765. The van der Waals surface area contributed by atoms with Gasteiger partial charge in [0.1, 0.15) is 5.01 Å². The van der Waals surface area contributed by atoms with E-state index < -0.39 is 0 Å².